The molecule has 1 aromatic heterocycles. The number of rotatable bonds is 1. The average Bonchev–Trinajstić information content (AvgIpc) is 2.67. The first-order valence-electron chi connectivity index (χ1n) is 6.21. The number of aromatic nitrogens is 1. The van der Waals surface area contributed by atoms with Crippen molar-refractivity contribution < 1.29 is 14.7 Å². The van der Waals surface area contributed by atoms with Crippen molar-refractivity contribution in [1.29, 1.82) is 0 Å². The number of aromatic carboxylic acids is 1. The van der Waals surface area contributed by atoms with Crippen molar-refractivity contribution in [3.8, 4) is 0 Å². The van der Waals surface area contributed by atoms with Crippen LogP contribution >= 0.6 is 0 Å². The van der Waals surface area contributed by atoms with Gasteiger partial charge in [-0.2, -0.15) is 0 Å². The quantitative estimate of drug-likeness (QED) is 0.818. The normalized spacial score (nSPS) is 18.8. The Labute approximate surface area is 109 Å². The van der Waals surface area contributed by atoms with E-state index in [1.54, 1.807) is 18.2 Å². The molecule has 0 radical (unpaired) electrons. The molecule has 1 aliphatic heterocycles. The summed E-state index contributed by atoms with van der Waals surface area (Å²) in [6, 6.07) is 6.76. The standard InChI is InChI=1S/C14H14N2O3/c1-8-6-15-13(17)12-4-9-2-3-10(14(18)19)5-11(9)16(12)7-8/h2-5,8H,6-7H2,1H3,(H,15,17)(H,18,19). The van der Waals surface area contributed by atoms with E-state index < -0.39 is 5.97 Å². The summed E-state index contributed by atoms with van der Waals surface area (Å²) in [5, 5.41) is 12.8. The minimum Gasteiger partial charge on any atom is -0.478 e. The van der Waals surface area contributed by atoms with Gasteiger partial charge in [-0.05, 0) is 24.1 Å². The van der Waals surface area contributed by atoms with Crippen LogP contribution in [0.4, 0.5) is 0 Å². The molecule has 1 aliphatic rings. The SMILES string of the molecule is CC1CNC(=O)c2cc3ccc(C(=O)O)cc3n2C1. The van der Waals surface area contributed by atoms with Crippen LogP contribution in [0, 0.1) is 5.92 Å². The van der Waals surface area contributed by atoms with Crippen LogP contribution < -0.4 is 5.32 Å². The van der Waals surface area contributed by atoms with Crippen LogP contribution in [-0.4, -0.2) is 28.1 Å². The monoisotopic (exact) mass is 258 g/mol. The fourth-order valence-corrected chi connectivity index (χ4v) is 2.51. The molecule has 1 aromatic carbocycles. The van der Waals surface area contributed by atoms with Gasteiger partial charge >= 0.3 is 5.97 Å². The number of hydrogen-bond donors (Lipinski definition) is 2. The lowest BCUT2D eigenvalue weighted by Gasteiger charge is -2.10. The molecule has 1 unspecified atom stereocenters. The highest BCUT2D eigenvalue weighted by Gasteiger charge is 2.21. The largest absolute Gasteiger partial charge is 0.478 e. The number of hydrogen-bond acceptors (Lipinski definition) is 2. The number of benzene rings is 1. The summed E-state index contributed by atoms with van der Waals surface area (Å²) in [5.41, 5.74) is 1.64. The second kappa shape index (κ2) is 4.12. The molecule has 0 saturated carbocycles. The van der Waals surface area contributed by atoms with Crippen molar-refractivity contribution in [2.24, 2.45) is 5.92 Å². The van der Waals surface area contributed by atoms with E-state index in [2.05, 4.69) is 12.2 Å². The van der Waals surface area contributed by atoms with Gasteiger partial charge in [-0.25, -0.2) is 4.79 Å². The van der Waals surface area contributed by atoms with Crippen LogP contribution in [0.15, 0.2) is 24.3 Å². The summed E-state index contributed by atoms with van der Waals surface area (Å²) >= 11 is 0. The van der Waals surface area contributed by atoms with Gasteiger partial charge in [0.2, 0.25) is 0 Å². The molecular formula is C14H14N2O3. The van der Waals surface area contributed by atoms with Gasteiger partial charge in [-0.1, -0.05) is 13.0 Å². The Balaban J connectivity index is 2.25. The average molecular weight is 258 g/mol. The number of carboxylic acids is 1. The van der Waals surface area contributed by atoms with Crippen molar-refractivity contribution >= 4 is 22.8 Å². The third-order valence-electron chi connectivity index (χ3n) is 3.49. The van der Waals surface area contributed by atoms with E-state index in [4.69, 9.17) is 5.11 Å². The number of carbonyl (C=O) groups excluding carboxylic acids is 1. The van der Waals surface area contributed by atoms with E-state index in [1.807, 2.05) is 10.6 Å². The van der Waals surface area contributed by atoms with Crippen molar-refractivity contribution in [1.82, 2.24) is 9.88 Å². The molecule has 5 nitrogen and oxygen atoms in total. The smallest absolute Gasteiger partial charge is 0.335 e. The highest BCUT2D eigenvalue weighted by molar-refractivity contribution is 6.01. The summed E-state index contributed by atoms with van der Waals surface area (Å²) in [6.45, 7) is 3.41. The second-order valence-corrected chi connectivity index (χ2v) is 5.03. The number of carbonyl (C=O) groups is 2. The maximum Gasteiger partial charge on any atom is 0.335 e. The van der Waals surface area contributed by atoms with Crippen molar-refractivity contribution in [3.63, 3.8) is 0 Å². The Morgan fingerprint density at radius 2 is 2.21 bits per heavy atom. The Bertz CT molecular complexity index is 687. The zero-order chi connectivity index (χ0) is 13.6. The summed E-state index contributed by atoms with van der Waals surface area (Å²) in [6.07, 6.45) is 0. The van der Waals surface area contributed by atoms with Crippen LogP contribution in [0.5, 0.6) is 0 Å². The van der Waals surface area contributed by atoms with Crippen LogP contribution in [0.1, 0.15) is 27.8 Å². The molecule has 0 saturated heterocycles. The van der Waals surface area contributed by atoms with E-state index in [0.29, 0.717) is 24.7 Å². The lowest BCUT2D eigenvalue weighted by atomic mass is 10.1. The van der Waals surface area contributed by atoms with Gasteiger partial charge in [-0.15, -0.1) is 0 Å². The molecular weight excluding hydrogens is 244 g/mol. The van der Waals surface area contributed by atoms with Gasteiger partial charge in [0.05, 0.1) is 5.56 Å². The van der Waals surface area contributed by atoms with Gasteiger partial charge in [0.15, 0.2) is 0 Å². The van der Waals surface area contributed by atoms with E-state index in [9.17, 15) is 9.59 Å². The molecule has 3 rings (SSSR count). The van der Waals surface area contributed by atoms with Gasteiger partial charge in [0, 0.05) is 24.0 Å². The molecule has 1 amide bonds. The second-order valence-electron chi connectivity index (χ2n) is 5.03. The molecule has 5 heteroatoms. The minimum atomic E-state index is -0.955. The summed E-state index contributed by atoms with van der Waals surface area (Å²) in [4.78, 5) is 23.0. The van der Waals surface area contributed by atoms with Crippen molar-refractivity contribution in [3.05, 3.63) is 35.5 Å². The first-order chi connectivity index (χ1) is 9.06. The molecule has 2 heterocycles. The zero-order valence-electron chi connectivity index (χ0n) is 10.5. The summed E-state index contributed by atoms with van der Waals surface area (Å²) in [5.74, 6) is -0.740. The first kappa shape index (κ1) is 11.8. The fourth-order valence-electron chi connectivity index (χ4n) is 2.51. The van der Waals surface area contributed by atoms with Crippen LogP contribution in [0.25, 0.3) is 10.9 Å². The van der Waals surface area contributed by atoms with Gasteiger partial charge in [0.25, 0.3) is 5.91 Å². The van der Waals surface area contributed by atoms with Gasteiger partial charge in [-0.3, -0.25) is 4.79 Å². The van der Waals surface area contributed by atoms with E-state index >= 15 is 0 Å². The highest BCUT2D eigenvalue weighted by atomic mass is 16.4. The lowest BCUT2D eigenvalue weighted by Crippen LogP contribution is -2.25. The molecule has 2 N–H and O–H groups in total. The fraction of sp³-hybridized carbons (Fsp3) is 0.286. The number of amides is 1. The third kappa shape index (κ3) is 1.87. The third-order valence-corrected chi connectivity index (χ3v) is 3.49. The van der Waals surface area contributed by atoms with E-state index in [0.717, 1.165) is 10.9 Å². The maximum atomic E-state index is 12.0. The number of nitrogens with zero attached hydrogens (tertiary/aromatic N) is 1. The van der Waals surface area contributed by atoms with Crippen molar-refractivity contribution in [2.75, 3.05) is 6.54 Å². The van der Waals surface area contributed by atoms with Crippen LogP contribution in [-0.2, 0) is 6.54 Å². The van der Waals surface area contributed by atoms with Crippen LogP contribution in [0.2, 0.25) is 0 Å². The summed E-state index contributed by atoms with van der Waals surface area (Å²) in [7, 11) is 0. The van der Waals surface area contributed by atoms with Gasteiger partial charge < -0.3 is 15.0 Å². The molecule has 2 aromatic rings. The van der Waals surface area contributed by atoms with Crippen LogP contribution in [0.3, 0.4) is 0 Å². The van der Waals surface area contributed by atoms with Crippen molar-refractivity contribution in [2.45, 2.75) is 13.5 Å². The lowest BCUT2D eigenvalue weighted by molar-refractivity contribution is 0.0696. The molecule has 0 spiro atoms. The Hall–Kier alpha value is -2.30. The number of nitrogens with one attached hydrogen (secondary N) is 1. The predicted octanol–water partition coefficient (Wildman–Crippen LogP) is 1.72. The molecule has 0 aliphatic carbocycles. The predicted molar refractivity (Wildman–Crippen MR) is 70.4 cm³/mol. The van der Waals surface area contributed by atoms with E-state index in [-0.39, 0.29) is 11.5 Å². The first-order valence-corrected chi connectivity index (χ1v) is 6.21. The topological polar surface area (TPSA) is 71.3 Å². The molecule has 1 atom stereocenters. The molecule has 19 heavy (non-hydrogen) atoms. The number of carboxylic acid groups (broad SMARTS) is 1. The molecule has 98 valence electrons. The minimum absolute atomic E-state index is 0.0996. The van der Waals surface area contributed by atoms with Gasteiger partial charge in [0.1, 0.15) is 5.69 Å². The Kier molecular flexibility index (Phi) is 2.55. The molecule has 0 bridgehead atoms. The molecule has 0 fully saturated rings. The Morgan fingerprint density at radius 3 is 2.95 bits per heavy atom. The highest BCUT2D eigenvalue weighted by Crippen LogP contribution is 2.24. The summed E-state index contributed by atoms with van der Waals surface area (Å²) < 4.78 is 1.91. The Morgan fingerprint density at radius 1 is 1.42 bits per heavy atom. The maximum absolute atomic E-state index is 12.0. The zero-order valence-corrected chi connectivity index (χ0v) is 10.5. The number of fused-ring (bicyclic) bond motifs is 3. The van der Waals surface area contributed by atoms with E-state index in [1.165, 1.54) is 0 Å².